The van der Waals surface area contributed by atoms with Gasteiger partial charge in [0.1, 0.15) is 5.92 Å². The van der Waals surface area contributed by atoms with Crippen molar-refractivity contribution in [2.75, 3.05) is 6.61 Å². The number of hydrogen-bond donors (Lipinski definition) is 1. The van der Waals surface area contributed by atoms with Gasteiger partial charge in [-0.25, -0.2) is 0 Å². The fourth-order valence-corrected chi connectivity index (χ4v) is 2.78. The van der Waals surface area contributed by atoms with Gasteiger partial charge in [-0.15, -0.1) is 0 Å². The Hall–Kier alpha value is -2.66. The maximum atomic E-state index is 13.0. The maximum Gasteiger partial charge on any atom is 0.319 e. The lowest BCUT2D eigenvalue weighted by atomic mass is 9.86. The molecule has 0 aliphatic rings. The number of rotatable bonds is 7. The number of nitrogens with one attached hydrogen (secondary N) is 1. The summed E-state index contributed by atoms with van der Waals surface area (Å²) in [4.78, 5) is 37.4. The first kappa shape index (κ1) is 19.7. The maximum absolute atomic E-state index is 13.0. The molecule has 136 valence electrons. The van der Waals surface area contributed by atoms with Gasteiger partial charge in [-0.3, -0.25) is 14.4 Å². The molecule has 2 aromatic carbocycles. The van der Waals surface area contributed by atoms with Crippen molar-refractivity contribution in [3.63, 3.8) is 0 Å². The summed E-state index contributed by atoms with van der Waals surface area (Å²) in [6.45, 7) is 3.13. The summed E-state index contributed by atoms with van der Waals surface area (Å²) in [7, 11) is 0. The Labute approximate surface area is 157 Å². The van der Waals surface area contributed by atoms with Gasteiger partial charge in [0, 0.05) is 17.5 Å². The largest absolute Gasteiger partial charge is 0.465 e. The Kier molecular flexibility index (Phi) is 6.92. The molecule has 0 heterocycles. The molecule has 0 aliphatic heterocycles. The number of ether oxygens (including phenoxy) is 1. The summed E-state index contributed by atoms with van der Waals surface area (Å²) in [5, 5.41) is 3.21. The number of hydrogen-bond acceptors (Lipinski definition) is 4. The molecule has 0 aromatic heterocycles. The second-order valence-electron chi connectivity index (χ2n) is 5.69. The summed E-state index contributed by atoms with van der Waals surface area (Å²) in [6, 6.07) is 14.2. The second kappa shape index (κ2) is 9.15. The number of esters is 1. The van der Waals surface area contributed by atoms with Crippen molar-refractivity contribution in [3.8, 4) is 0 Å². The van der Waals surface area contributed by atoms with Gasteiger partial charge in [-0.2, -0.15) is 0 Å². The van der Waals surface area contributed by atoms with Gasteiger partial charge in [0.25, 0.3) is 0 Å². The first-order valence-electron chi connectivity index (χ1n) is 8.22. The smallest absolute Gasteiger partial charge is 0.319 e. The highest BCUT2D eigenvalue weighted by atomic mass is 35.5. The average Bonchev–Trinajstić information content (AvgIpc) is 2.62. The van der Waals surface area contributed by atoms with Gasteiger partial charge in [-0.1, -0.05) is 54.1 Å². The molecule has 0 saturated carbocycles. The Balaban J connectivity index is 2.50. The predicted molar refractivity (Wildman–Crippen MR) is 98.9 cm³/mol. The van der Waals surface area contributed by atoms with Crippen molar-refractivity contribution in [2.45, 2.75) is 19.9 Å². The lowest BCUT2D eigenvalue weighted by Crippen LogP contribution is -2.40. The zero-order valence-corrected chi connectivity index (χ0v) is 15.3. The number of benzene rings is 2. The van der Waals surface area contributed by atoms with Crippen LogP contribution in [0.3, 0.4) is 0 Å². The van der Waals surface area contributed by atoms with E-state index in [1.165, 1.54) is 6.92 Å². The molecule has 0 bridgehead atoms. The van der Waals surface area contributed by atoms with Crippen molar-refractivity contribution in [2.24, 2.45) is 5.92 Å². The fourth-order valence-electron chi connectivity index (χ4n) is 2.66. The van der Waals surface area contributed by atoms with Crippen LogP contribution in [0.15, 0.2) is 54.6 Å². The normalized spacial score (nSPS) is 12.7. The zero-order valence-electron chi connectivity index (χ0n) is 14.6. The van der Waals surface area contributed by atoms with Gasteiger partial charge in [0.05, 0.1) is 12.6 Å². The Morgan fingerprint density at radius 2 is 1.65 bits per heavy atom. The summed E-state index contributed by atoms with van der Waals surface area (Å²) in [5.41, 5.74) is 0.960. The fraction of sp³-hybridized carbons (Fsp3) is 0.250. The van der Waals surface area contributed by atoms with Crippen LogP contribution in [0.2, 0.25) is 5.02 Å². The van der Waals surface area contributed by atoms with Crippen molar-refractivity contribution < 1.29 is 19.1 Å². The highest BCUT2D eigenvalue weighted by Crippen LogP contribution is 2.28. The Bertz CT molecular complexity index is 774. The average molecular weight is 374 g/mol. The van der Waals surface area contributed by atoms with E-state index in [2.05, 4.69) is 5.32 Å². The predicted octanol–water partition coefficient (Wildman–Crippen LogP) is 3.58. The van der Waals surface area contributed by atoms with Crippen LogP contribution in [0.4, 0.5) is 0 Å². The van der Waals surface area contributed by atoms with Crippen LogP contribution in [0.1, 0.15) is 35.8 Å². The van der Waals surface area contributed by atoms with Gasteiger partial charge in [-0.05, 0) is 24.6 Å². The molecule has 1 N–H and O–H groups in total. The molecule has 2 atom stereocenters. The minimum absolute atomic E-state index is 0.130. The molecule has 0 unspecified atom stereocenters. The molecule has 2 rings (SSSR count). The Morgan fingerprint density at radius 1 is 1.04 bits per heavy atom. The van der Waals surface area contributed by atoms with Crippen LogP contribution in [0, 0.1) is 5.92 Å². The van der Waals surface area contributed by atoms with E-state index >= 15 is 0 Å². The second-order valence-corrected chi connectivity index (χ2v) is 6.13. The van der Waals surface area contributed by atoms with E-state index in [-0.39, 0.29) is 12.5 Å². The van der Waals surface area contributed by atoms with Gasteiger partial charge in [0.15, 0.2) is 5.78 Å². The van der Waals surface area contributed by atoms with Crippen LogP contribution < -0.4 is 5.32 Å². The minimum Gasteiger partial charge on any atom is -0.465 e. The van der Waals surface area contributed by atoms with Crippen LogP contribution in [-0.4, -0.2) is 24.3 Å². The number of Topliss-reactive ketones (excluding diaryl/α,β-unsaturated/α-hetero) is 1. The van der Waals surface area contributed by atoms with E-state index in [0.717, 1.165) is 0 Å². The van der Waals surface area contributed by atoms with Gasteiger partial charge < -0.3 is 10.1 Å². The molecule has 6 heteroatoms. The van der Waals surface area contributed by atoms with Crippen molar-refractivity contribution in [3.05, 3.63) is 70.7 Å². The summed E-state index contributed by atoms with van der Waals surface area (Å²) < 4.78 is 5.12. The lowest BCUT2D eigenvalue weighted by Gasteiger charge is -2.26. The topological polar surface area (TPSA) is 72.5 Å². The molecule has 0 radical (unpaired) electrons. The van der Waals surface area contributed by atoms with E-state index in [9.17, 15) is 14.4 Å². The lowest BCUT2D eigenvalue weighted by molar-refractivity contribution is -0.147. The third-order valence-corrected chi connectivity index (χ3v) is 4.05. The number of carbonyl (C=O) groups excluding carboxylic acids is 3. The van der Waals surface area contributed by atoms with Crippen LogP contribution in [-0.2, 0) is 14.3 Å². The third-order valence-electron chi connectivity index (χ3n) is 3.80. The molecule has 5 nitrogen and oxygen atoms in total. The van der Waals surface area contributed by atoms with Crippen molar-refractivity contribution in [1.82, 2.24) is 5.32 Å². The minimum atomic E-state index is -1.21. The molecule has 2 aromatic rings. The highest BCUT2D eigenvalue weighted by molar-refractivity contribution is 6.30. The number of halogens is 1. The van der Waals surface area contributed by atoms with Gasteiger partial charge in [0.2, 0.25) is 5.91 Å². The first-order chi connectivity index (χ1) is 12.4. The molecule has 0 spiro atoms. The number of ketones is 1. The van der Waals surface area contributed by atoms with Crippen LogP contribution in [0.25, 0.3) is 0 Å². The highest BCUT2D eigenvalue weighted by Gasteiger charge is 2.38. The van der Waals surface area contributed by atoms with Gasteiger partial charge >= 0.3 is 5.97 Å². The Morgan fingerprint density at radius 3 is 2.19 bits per heavy atom. The molecular formula is C20H20ClNO4. The summed E-state index contributed by atoms with van der Waals surface area (Å²) >= 11 is 5.93. The quantitative estimate of drug-likeness (QED) is 0.457. The van der Waals surface area contributed by atoms with E-state index in [1.54, 1.807) is 61.5 Å². The first-order valence-corrected chi connectivity index (χ1v) is 8.60. The van der Waals surface area contributed by atoms with E-state index in [4.69, 9.17) is 16.3 Å². The van der Waals surface area contributed by atoms with Crippen LogP contribution in [0.5, 0.6) is 0 Å². The summed E-state index contributed by atoms with van der Waals surface area (Å²) in [6.07, 6.45) is 0. The van der Waals surface area contributed by atoms with Crippen molar-refractivity contribution >= 4 is 29.3 Å². The molecule has 0 saturated heterocycles. The number of carbonyl (C=O) groups is 3. The van der Waals surface area contributed by atoms with E-state index in [0.29, 0.717) is 16.1 Å². The third kappa shape index (κ3) is 4.92. The van der Waals surface area contributed by atoms with Crippen LogP contribution >= 0.6 is 11.6 Å². The number of amides is 1. The van der Waals surface area contributed by atoms with Crippen molar-refractivity contribution in [1.29, 1.82) is 0 Å². The standard InChI is InChI=1S/C20H20ClNO4/c1-3-26-20(25)17(19(24)15-7-5-4-6-8-15)18(22-13(2)23)14-9-11-16(21)12-10-14/h4-12,17-18H,3H2,1-2H3,(H,22,23)/t17-,18-/m1/s1. The van der Waals surface area contributed by atoms with E-state index < -0.39 is 23.7 Å². The molecule has 0 fully saturated rings. The molecule has 0 aliphatic carbocycles. The molecule has 1 amide bonds. The monoisotopic (exact) mass is 373 g/mol. The SMILES string of the molecule is CCOC(=O)[C@@H](C(=O)c1ccccc1)[C@H](NC(C)=O)c1ccc(Cl)cc1. The van der Waals surface area contributed by atoms with E-state index in [1.807, 2.05) is 0 Å². The zero-order chi connectivity index (χ0) is 19.1. The molecular weight excluding hydrogens is 354 g/mol. The summed E-state index contributed by atoms with van der Waals surface area (Å²) in [5.74, 6) is -2.67. The molecule has 26 heavy (non-hydrogen) atoms.